The fraction of sp³-hybridized carbons (Fsp3) is 0.214. The highest BCUT2D eigenvalue weighted by Crippen LogP contribution is 2.31. The average Bonchev–Trinajstić information content (AvgIpc) is 2.81. The highest BCUT2D eigenvalue weighted by Gasteiger charge is 2.17. The van der Waals surface area contributed by atoms with Crippen molar-refractivity contribution in [2.24, 2.45) is 0 Å². The molecule has 0 fully saturated rings. The van der Waals surface area contributed by atoms with Crippen LogP contribution in [0.25, 0.3) is 22.3 Å². The average molecular weight is 268 g/mol. The molecule has 0 saturated carbocycles. The van der Waals surface area contributed by atoms with Gasteiger partial charge in [-0.05, 0) is 26.0 Å². The first-order chi connectivity index (χ1) is 9.58. The molecule has 3 rings (SSSR count). The predicted octanol–water partition coefficient (Wildman–Crippen LogP) is 2.24. The van der Waals surface area contributed by atoms with Crippen LogP contribution in [0.5, 0.6) is 0 Å². The molecule has 0 aliphatic carbocycles. The summed E-state index contributed by atoms with van der Waals surface area (Å²) < 4.78 is 1.86. The highest BCUT2D eigenvalue weighted by atomic mass is 15.3. The monoisotopic (exact) mass is 268 g/mol. The van der Waals surface area contributed by atoms with Crippen LogP contribution in [-0.2, 0) is 0 Å². The molecule has 0 saturated heterocycles. The van der Waals surface area contributed by atoms with Crippen LogP contribution in [0.1, 0.15) is 19.9 Å². The number of anilines is 2. The molecule has 2 aromatic heterocycles. The molecule has 102 valence electrons. The van der Waals surface area contributed by atoms with Gasteiger partial charge in [-0.25, -0.2) is 14.6 Å². The molecule has 6 heteroatoms. The zero-order chi connectivity index (χ0) is 14.3. The largest absolute Gasteiger partial charge is 0.399 e. The summed E-state index contributed by atoms with van der Waals surface area (Å²) in [5.41, 5.74) is 14.9. The van der Waals surface area contributed by atoms with Gasteiger partial charge in [-0.3, -0.25) is 0 Å². The van der Waals surface area contributed by atoms with Gasteiger partial charge in [0.1, 0.15) is 17.8 Å². The number of fused-ring (bicyclic) bond motifs is 1. The van der Waals surface area contributed by atoms with E-state index in [4.69, 9.17) is 11.5 Å². The van der Waals surface area contributed by atoms with Crippen LogP contribution in [0.2, 0.25) is 0 Å². The maximum Gasteiger partial charge on any atom is 0.164 e. The second-order valence-electron chi connectivity index (χ2n) is 4.97. The highest BCUT2D eigenvalue weighted by molar-refractivity contribution is 5.98. The van der Waals surface area contributed by atoms with Gasteiger partial charge in [0.2, 0.25) is 0 Å². The molecule has 0 unspecified atom stereocenters. The fourth-order valence-corrected chi connectivity index (χ4v) is 2.20. The molecule has 0 radical (unpaired) electrons. The van der Waals surface area contributed by atoms with E-state index in [0.717, 1.165) is 22.3 Å². The van der Waals surface area contributed by atoms with Crippen molar-refractivity contribution in [1.29, 1.82) is 0 Å². The number of nitrogen functional groups attached to an aromatic ring is 2. The Morgan fingerprint density at radius 3 is 2.40 bits per heavy atom. The Morgan fingerprint density at radius 2 is 1.75 bits per heavy atom. The van der Waals surface area contributed by atoms with Gasteiger partial charge < -0.3 is 11.5 Å². The Bertz CT molecular complexity index is 757. The third-order valence-corrected chi connectivity index (χ3v) is 3.19. The van der Waals surface area contributed by atoms with Crippen molar-refractivity contribution in [2.75, 3.05) is 11.5 Å². The summed E-state index contributed by atoms with van der Waals surface area (Å²) in [6.45, 7) is 4.11. The number of benzene rings is 1. The maximum atomic E-state index is 6.01. The first kappa shape index (κ1) is 12.4. The van der Waals surface area contributed by atoms with Crippen LogP contribution in [0.3, 0.4) is 0 Å². The van der Waals surface area contributed by atoms with E-state index in [1.807, 2.05) is 28.9 Å². The van der Waals surface area contributed by atoms with Gasteiger partial charge in [0, 0.05) is 17.3 Å². The second kappa shape index (κ2) is 4.48. The second-order valence-corrected chi connectivity index (χ2v) is 4.97. The van der Waals surface area contributed by atoms with E-state index in [2.05, 4.69) is 28.9 Å². The Labute approximate surface area is 116 Å². The van der Waals surface area contributed by atoms with Crippen molar-refractivity contribution < 1.29 is 0 Å². The Morgan fingerprint density at radius 1 is 1.05 bits per heavy atom. The van der Waals surface area contributed by atoms with Gasteiger partial charge in [0.25, 0.3) is 0 Å². The lowest BCUT2D eigenvalue weighted by atomic mass is 10.1. The first-order valence-corrected chi connectivity index (χ1v) is 6.42. The van der Waals surface area contributed by atoms with Crippen LogP contribution in [-0.4, -0.2) is 19.7 Å². The quantitative estimate of drug-likeness (QED) is 0.695. The molecular formula is C14H16N6. The maximum absolute atomic E-state index is 6.01. The van der Waals surface area contributed by atoms with Crippen molar-refractivity contribution in [1.82, 2.24) is 19.7 Å². The van der Waals surface area contributed by atoms with Crippen molar-refractivity contribution in [3.63, 3.8) is 0 Å². The number of hydrogen-bond acceptors (Lipinski definition) is 5. The Balaban J connectivity index is 2.33. The van der Waals surface area contributed by atoms with Crippen molar-refractivity contribution in [3.8, 4) is 11.3 Å². The summed E-state index contributed by atoms with van der Waals surface area (Å²) >= 11 is 0. The molecule has 4 N–H and O–H groups in total. The summed E-state index contributed by atoms with van der Waals surface area (Å²) in [6, 6.07) is 7.72. The standard InChI is InChI=1S/C14H16N6/c1-8(2)20-14-11(13(16)17-7-18-14)12(19-20)9-3-5-10(15)6-4-9/h3-8H,15H2,1-2H3,(H2,16,17,18). The number of rotatable bonds is 2. The summed E-state index contributed by atoms with van der Waals surface area (Å²) in [6.07, 6.45) is 1.46. The zero-order valence-corrected chi connectivity index (χ0v) is 11.4. The van der Waals surface area contributed by atoms with Gasteiger partial charge in [0.05, 0.1) is 5.39 Å². The van der Waals surface area contributed by atoms with E-state index in [9.17, 15) is 0 Å². The molecule has 0 atom stereocenters. The smallest absolute Gasteiger partial charge is 0.164 e. The molecule has 6 nitrogen and oxygen atoms in total. The van der Waals surface area contributed by atoms with Gasteiger partial charge in [0.15, 0.2) is 5.65 Å². The molecule has 0 amide bonds. The van der Waals surface area contributed by atoms with E-state index >= 15 is 0 Å². The molecule has 0 aliphatic rings. The van der Waals surface area contributed by atoms with Crippen LogP contribution in [0, 0.1) is 0 Å². The minimum Gasteiger partial charge on any atom is -0.399 e. The number of aromatic nitrogens is 4. The Kier molecular flexibility index (Phi) is 2.78. The zero-order valence-electron chi connectivity index (χ0n) is 11.4. The van der Waals surface area contributed by atoms with Crippen LogP contribution in [0.15, 0.2) is 30.6 Å². The van der Waals surface area contributed by atoms with Crippen LogP contribution in [0.4, 0.5) is 11.5 Å². The molecule has 3 aromatic rings. The van der Waals surface area contributed by atoms with Crippen molar-refractivity contribution in [3.05, 3.63) is 30.6 Å². The summed E-state index contributed by atoms with van der Waals surface area (Å²) in [5.74, 6) is 0.439. The molecule has 2 heterocycles. The van der Waals surface area contributed by atoms with Crippen LogP contribution < -0.4 is 11.5 Å². The van der Waals surface area contributed by atoms with E-state index in [0.29, 0.717) is 11.5 Å². The van der Waals surface area contributed by atoms with E-state index in [1.165, 1.54) is 6.33 Å². The van der Waals surface area contributed by atoms with Crippen molar-refractivity contribution in [2.45, 2.75) is 19.9 Å². The van der Waals surface area contributed by atoms with Crippen LogP contribution >= 0.6 is 0 Å². The fourth-order valence-electron chi connectivity index (χ4n) is 2.20. The number of hydrogen-bond donors (Lipinski definition) is 2. The molecule has 0 spiro atoms. The lowest BCUT2D eigenvalue weighted by Crippen LogP contribution is -2.04. The van der Waals surface area contributed by atoms with E-state index in [-0.39, 0.29) is 6.04 Å². The topological polar surface area (TPSA) is 95.6 Å². The Hall–Kier alpha value is -2.63. The summed E-state index contributed by atoms with van der Waals surface area (Å²) in [4.78, 5) is 8.38. The number of nitrogens with two attached hydrogens (primary N) is 2. The van der Waals surface area contributed by atoms with Crippen molar-refractivity contribution >= 4 is 22.5 Å². The summed E-state index contributed by atoms with van der Waals surface area (Å²) in [7, 11) is 0. The normalized spacial score (nSPS) is 11.3. The van der Waals surface area contributed by atoms with Gasteiger partial charge in [-0.1, -0.05) is 12.1 Å². The molecular weight excluding hydrogens is 252 g/mol. The lowest BCUT2D eigenvalue weighted by Gasteiger charge is -2.05. The van der Waals surface area contributed by atoms with E-state index < -0.39 is 0 Å². The van der Waals surface area contributed by atoms with E-state index in [1.54, 1.807) is 0 Å². The first-order valence-electron chi connectivity index (χ1n) is 6.42. The molecule has 0 bridgehead atoms. The lowest BCUT2D eigenvalue weighted by molar-refractivity contribution is 0.548. The SMILES string of the molecule is CC(C)n1nc(-c2ccc(N)cc2)c2c(N)ncnc21. The third-order valence-electron chi connectivity index (χ3n) is 3.19. The third kappa shape index (κ3) is 1.85. The predicted molar refractivity (Wildman–Crippen MR) is 80.0 cm³/mol. The van der Waals surface area contributed by atoms with Gasteiger partial charge >= 0.3 is 0 Å². The minimum atomic E-state index is 0.189. The minimum absolute atomic E-state index is 0.189. The summed E-state index contributed by atoms with van der Waals surface area (Å²) in [5, 5.41) is 5.43. The molecule has 1 aromatic carbocycles. The molecule has 0 aliphatic heterocycles. The van der Waals surface area contributed by atoms with Gasteiger partial charge in [-0.2, -0.15) is 5.10 Å². The molecule has 20 heavy (non-hydrogen) atoms. The van der Waals surface area contributed by atoms with Gasteiger partial charge in [-0.15, -0.1) is 0 Å². The number of nitrogens with zero attached hydrogens (tertiary/aromatic N) is 4.